The van der Waals surface area contributed by atoms with Crippen LogP contribution in [0.3, 0.4) is 0 Å². The number of amides is 1. The molecule has 1 saturated heterocycles. The molecule has 3 rings (SSSR count). The van der Waals surface area contributed by atoms with E-state index in [2.05, 4.69) is 10.6 Å². The number of sulfonamides is 1. The van der Waals surface area contributed by atoms with Crippen molar-refractivity contribution in [2.75, 3.05) is 31.5 Å². The van der Waals surface area contributed by atoms with E-state index in [1.54, 1.807) is 12.1 Å². The number of piperidine rings is 1. The van der Waals surface area contributed by atoms with Crippen LogP contribution in [0.1, 0.15) is 19.3 Å². The van der Waals surface area contributed by atoms with Gasteiger partial charge in [-0.15, -0.1) is 0 Å². The van der Waals surface area contributed by atoms with Crippen molar-refractivity contribution in [3.8, 4) is 0 Å². The Bertz CT molecular complexity index is 897. The number of anilines is 1. The molecule has 2 aromatic carbocycles. The Morgan fingerprint density at radius 2 is 1.66 bits per heavy atom. The second-order valence-corrected chi connectivity index (χ2v) is 9.44. The Kier molecular flexibility index (Phi) is 7.52. The van der Waals surface area contributed by atoms with Crippen molar-refractivity contribution in [2.24, 2.45) is 5.92 Å². The Balaban J connectivity index is 1.39. The zero-order valence-corrected chi connectivity index (χ0v) is 17.8. The molecule has 0 atom stereocenters. The molecule has 0 aliphatic carbocycles. The Labute approximate surface area is 177 Å². The molecule has 29 heavy (non-hydrogen) atoms. The molecule has 0 unspecified atom stereocenters. The smallest absolute Gasteiger partial charge is 0.243 e. The lowest BCUT2D eigenvalue weighted by atomic mass is 9.97. The number of halogens is 1. The predicted octanol–water partition coefficient (Wildman–Crippen LogP) is 3.36. The minimum atomic E-state index is -3.54. The van der Waals surface area contributed by atoms with Gasteiger partial charge in [-0.1, -0.05) is 29.8 Å². The van der Waals surface area contributed by atoms with Crippen molar-refractivity contribution in [3.05, 3.63) is 59.6 Å². The van der Waals surface area contributed by atoms with Gasteiger partial charge in [-0.25, -0.2) is 8.42 Å². The van der Waals surface area contributed by atoms with Crippen LogP contribution in [0.2, 0.25) is 5.02 Å². The molecule has 156 valence electrons. The number of carbonyl (C=O) groups is 1. The lowest BCUT2D eigenvalue weighted by Gasteiger charge is -2.30. The lowest BCUT2D eigenvalue weighted by Crippen LogP contribution is -2.43. The summed E-state index contributed by atoms with van der Waals surface area (Å²) in [5.41, 5.74) is 1.06. The molecule has 2 aromatic rings. The average Bonchev–Trinajstić information content (AvgIpc) is 2.74. The lowest BCUT2D eigenvalue weighted by molar-refractivity contribution is -0.126. The van der Waals surface area contributed by atoms with E-state index in [4.69, 9.17) is 11.6 Å². The summed E-state index contributed by atoms with van der Waals surface area (Å²) in [4.78, 5) is 12.6. The van der Waals surface area contributed by atoms with Crippen molar-refractivity contribution in [1.82, 2.24) is 9.62 Å². The highest BCUT2D eigenvalue weighted by Gasteiger charge is 2.31. The fourth-order valence-electron chi connectivity index (χ4n) is 3.35. The van der Waals surface area contributed by atoms with Gasteiger partial charge in [0, 0.05) is 42.8 Å². The van der Waals surface area contributed by atoms with Gasteiger partial charge in [-0.3, -0.25) is 4.79 Å². The van der Waals surface area contributed by atoms with Gasteiger partial charge in [-0.05, 0) is 55.7 Å². The fourth-order valence-corrected chi connectivity index (χ4v) is 4.94. The maximum Gasteiger partial charge on any atom is 0.243 e. The van der Waals surface area contributed by atoms with Gasteiger partial charge < -0.3 is 10.6 Å². The summed E-state index contributed by atoms with van der Waals surface area (Å²) in [6, 6.07) is 16.1. The van der Waals surface area contributed by atoms with Crippen molar-refractivity contribution < 1.29 is 13.2 Å². The maximum absolute atomic E-state index is 12.7. The van der Waals surface area contributed by atoms with Crippen LogP contribution >= 0.6 is 11.6 Å². The number of nitrogens with zero attached hydrogens (tertiary/aromatic N) is 1. The van der Waals surface area contributed by atoms with Gasteiger partial charge in [0.2, 0.25) is 15.9 Å². The number of benzene rings is 2. The Hall–Kier alpha value is -2.09. The van der Waals surface area contributed by atoms with Crippen LogP contribution in [-0.2, 0) is 14.8 Å². The number of nitrogens with one attached hydrogen (secondary N) is 2. The summed E-state index contributed by atoms with van der Waals surface area (Å²) in [5.74, 6) is -0.137. The molecule has 0 bridgehead atoms. The molecule has 0 radical (unpaired) electrons. The van der Waals surface area contributed by atoms with Crippen molar-refractivity contribution in [2.45, 2.75) is 24.2 Å². The first-order valence-electron chi connectivity index (χ1n) is 9.79. The number of carbonyl (C=O) groups excluding carboxylic acids is 1. The minimum absolute atomic E-state index is 0.00764. The normalized spacial score (nSPS) is 15.8. The van der Waals surface area contributed by atoms with E-state index >= 15 is 0 Å². The van der Waals surface area contributed by atoms with Crippen molar-refractivity contribution in [1.29, 1.82) is 0 Å². The van der Waals surface area contributed by atoms with E-state index < -0.39 is 10.0 Å². The number of hydrogen-bond donors (Lipinski definition) is 2. The van der Waals surface area contributed by atoms with Crippen LogP contribution in [0.5, 0.6) is 0 Å². The average molecular weight is 436 g/mol. The molecule has 1 aliphatic heterocycles. The summed E-state index contributed by atoms with van der Waals surface area (Å²) in [6.45, 7) is 2.07. The number of hydrogen-bond acceptors (Lipinski definition) is 4. The van der Waals surface area contributed by atoms with Gasteiger partial charge in [0.1, 0.15) is 0 Å². The SMILES string of the molecule is O=C(NCCCNc1ccccc1)C1CCN(S(=O)(=O)c2ccc(Cl)cc2)CC1. The molecule has 8 heteroatoms. The quantitative estimate of drug-likeness (QED) is 0.623. The second-order valence-electron chi connectivity index (χ2n) is 7.07. The molecular formula is C21H26ClN3O3S. The largest absolute Gasteiger partial charge is 0.385 e. The number of para-hydroxylation sites is 1. The topological polar surface area (TPSA) is 78.5 Å². The first kappa shape index (κ1) is 21.6. The van der Waals surface area contributed by atoms with E-state index in [1.165, 1.54) is 16.4 Å². The van der Waals surface area contributed by atoms with Crippen LogP contribution in [0.25, 0.3) is 0 Å². The van der Waals surface area contributed by atoms with Crippen LogP contribution in [0.15, 0.2) is 59.5 Å². The van der Waals surface area contributed by atoms with Gasteiger partial charge in [-0.2, -0.15) is 4.31 Å². The van der Waals surface area contributed by atoms with Crippen LogP contribution < -0.4 is 10.6 Å². The molecule has 1 aliphatic rings. The predicted molar refractivity (Wildman–Crippen MR) is 115 cm³/mol. The first-order valence-corrected chi connectivity index (χ1v) is 11.6. The van der Waals surface area contributed by atoms with E-state index in [0.29, 0.717) is 37.5 Å². The Morgan fingerprint density at radius 3 is 2.31 bits per heavy atom. The first-order chi connectivity index (χ1) is 14.0. The van der Waals surface area contributed by atoms with Crippen molar-refractivity contribution >= 4 is 33.2 Å². The van der Waals surface area contributed by atoms with Crippen LogP contribution in [0.4, 0.5) is 5.69 Å². The summed E-state index contributed by atoms with van der Waals surface area (Å²) in [7, 11) is -3.54. The molecule has 0 aromatic heterocycles. The molecule has 1 fully saturated rings. The molecule has 1 heterocycles. The second kappa shape index (κ2) is 10.1. The van der Waals surface area contributed by atoms with Crippen molar-refractivity contribution in [3.63, 3.8) is 0 Å². The zero-order chi connectivity index (χ0) is 20.7. The summed E-state index contributed by atoms with van der Waals surface area (Å²) in [6.07, 6.45) is 1.88. The fraction of sp³-hybridized carbons (Fsp3) is 0.381. The summed E-state index contributed by atoms with van der Waals surface area (Å²) in [5, 5.41) is 6.77. The van der Waals surface area contributed by atoms with E-state index in [1.807, 2.05) is 30.3 Å². The number of rotatable bonds is 8. The highest BCUT2D eigenvalue weighted by Crippen LogP contribution is 2.24. The summed E-state index contributed by atoms with van der Waals surface area (Å²) < 4.78 is 26.9. The highest BCUT2D eigenvalue weighted by molar-refractivity contribution is 7.89. The third-order valence-electron chi connectivity index (χ3n) is 5.03. The van der Waals surface area contributed by atoms with Gasteiger partial charge in [0.25, 0.3) is 0 Å². The third-order valence-corrected chi connectivity index (χ3v) is 7.20. The van der Waals surface area contributed by atoms with Gasteiger partial charge >= 0.3 is 0 Å². The zero-order valence-electron chi connectivity index (χ0n) is 16.2. The van der Waals surface area contributed by atoms with Gasteiger partial charge in [0.15, 0.2) is 0 Å². The third kappa shape index (κ3) is 5.95. The molecule has 6 nitrogen and oxygen atoms in total. The summed E-state index contributed by atoms with van der Waals surface area (Å²) >= 11 is 5.84. The molecule has 2 N–H and O–H groups in total. The maximum atomic E-state index is 12.7. The van der Waals surface area contributed by atoms with Crippen LogP contribution in [0, 0.1) is 5.92 Å². The van der Waals surface area contributed by atoms with Crippen LogP contribution in [-0.4, -0.2) is 44.8 Å². The molecule has 1 amide bonds. The molecule has 0 saturated carbocycles. The molecular weight excluding hydrogens is 410 g/mol. The van der Waals surface area contributed by atoms with E-state index in [0.717, 1.165) is 18.7 Å². The monoisotopic (exact) mass is 435 g/mol. The molecule has 0 spiro atoms. The van der Waals surface area contributed by atoms with E-state index in [9.17, 15) is 13.2 Å². The van der Waals surface area contributed by atoms with Gasteiger partial charge in [0.05, 0.1) is 4.90 Å². The standard InChI is InChI=1S/C21H26ClN3O3S/c22-18-7-9-20(10-8-18)29(27,28)25-15-11-17(12-16-25)21(26)24-14-4-13-23-19-5-2-1-3-6-19/h1-3,5-10,17,23H,4,11-16H2,(H,24,26). The minimum Gasteiger partial charge on any atom is -0.385 e. The Morgan fingerprint density at radius 1 is 1.00 bits per heavy atom. The highest BCUT2D eigenvalue weighted by atomic mass is 35.5. The van der Waals surface area contributed by atoms with E-state index in [-0.39, 0.29) is 16.7 Å².